The van der Waals surface area contributed by atoms with E-state index in [0.29, 0.717) is 17.4 Å². The lowest BCUT2D eigenvalue weighted by Gasteiger charge is -2.12. The van der Waals surface area contributed by atoms with Gasteiger partial charge < -0.3 is 14.6 Å². The van der Waals surface area contributed by atoms with Gasteiger partial charge in [-0.1, -0.05) is 32.0 Å². The molecule has 0 saturated heterocycles. The van der Waals surface area contributed by atoms with Crippen LogP contribution in [0.4, 0.5) is 0 Å². The van der Waals surface area contributed by atoms with Crippen molar-refractivity contribution in [2.75, 3.05) is 20.2 Å². The van der Waals surface area contributed by atoms with Crippen LogP contribution < -0.4 is 10.1 Å². The van der Waals surface area contributed by atoms with Crippen LogP contribution in [0.15, 0.2) is 58.5 Å². The fourth-order valence-corrected chi connectivity index (χ4v) is 5.36. The molecule has 0 bridgehead atoms. The molecule has 1 aromatic heterocycles. The van der Waals surface area contributed by atoms with Crippen LogP contribution in [0.25, 0.3) is 10.9 Å². The van der Waals surface area contributed by atoms with Crippen LogP contribution in [-0.2, 0) is 16.9 Å². The third kappa shape index (κ3) is 4.60. The van der Waals surface area contributed by atoms with Crippen LogP contribution in [0, 0.1) is 0 Å². The summed E-state index contributed by atoms with van der Waals surface area (Å²) in [5.74, 6) is 0.766. The smallest absolute Gasteiger partial charge is 0.222 e. The highest BCUT2D eigenvalue weighted by atomic mass is 35.5. The van der Waals surface area contributed by atoms with Crippen molar-refractivity contribution < 1.29 is 13.2 Å². The number of para-hydroxylation sites is 1. The van der Waals surface area contributed by atoms with Gasteiger partial charge in [0, 0.05) is 18.0 Å². The van der Waals surface area contributed by atoms with Crippen molar-refractivity contribution in [1.82, 2.24) is 9.88 Å². The zero-order chi connectivity index (χ0) is 20.3. The van der Waals surface area contributed by atoms with Gasteiger partial charge in [0.25, 0.3) is 0 Å². The number of ether oxygens (including phenoxy) is 1. The lowest BCUT2D eigenvalue weighted by Crippen LogP contribution is -2.12. The maximum Gasteiger partial charge on any atom is 0.222 e. The fourth-order valence-electron chi connectivity index (χ4n) is 3.55. The summed E-state index contributed by atoms with van der Waals surface area (Å²) < 4.78 is 34.4. The van der Waals surface area contributed by atoms with E-state index in [0.717, 1.165) is 29.4 Å². The van der Waals surface area contributed by atoms with Crippen molar-refractivity contribution >= 4 is 33.1 Å². The minimum atomic E-state index is -3.66. The van der Waals surface area contributed by atoms with Crippen LogP contribution in [-0.4, -0.2) is 33.2 Å². The first kappa shape index (κ1) is 23.3. The average molecular weight is 437 g/mol. The van der Waals surface area contributed by atoms with Gasteiger partial charge in [-0.05, 0) is 61.8 Å². The first-order valence-corrected chi connectivity index (χ1v) is 11.1. The van der Waals surface area contributed by atoms with Gasteiger partial charge in [0.15, 0.2) is 0 Å². The van der Waals surface area contributed by atoms with Crippen LogP contribution in [0.2, 0.25) is 0 Å². The molecule has 3 aromatic rings. The minimum Gasteiger partial charge on any atom is -0.494 e. The molecular weight excluding hydrogens is 408 g/mol. The van der Waals surface area contributed by atoms with Crippen molar-refractivity contribution in [3.8, 4) is 5.75 Å². The molecule has 5 nitrogen and oxygen atoms in total. The van der Waals surface area contributed by atoms with Crippen molar-refractivity contribution in [2.24, 2.45) is 7.05 Å². The molecule has 0 amide bonds. The van der Waals surface area contributed by atoms with Gasteiger partial charge in [0.2, 0.25) is 9.84 Å². The number of benzene rings is 2. The summed E-state index contributed by atoms with van der Waals surface area (Å²) in [6, 6.07) is 14.5. The highest BCUT2D eigenvalue weighted by Crippen LogP contribution is 2.37. The molecule has 1 N–H and O–H groups in total. The quantitative estimate of drug-likeness (QED) is 0.526. The van der Waals surface area contributed by atoms with E-state index >= 15 is 0 Å². The summed E-state index contributed by atoms with van der Waals surface area (Å²) in [7, 11) is 0.0650. The van der Waals surface area contributed by atoms with E-state index in [2.05, 4.69) is 5.32 Å². The number of rotatable bonds is 8. The highest BCUT2D eigenvalue weighted by molar-refractivity contribution is 7.91. The average Bonchev–Trinajstić information content (AvgIpc) is 2.99. The first-order chi connectivity index (χ1) is 13.4. The summed E-state index contributed by atoms with van der Waals surface area (Å²) >= 11 is 0. The maximum absolute atomic E-state index is 13.5. The molecular formula is C22H29ClN2O3S. The second kappa shape index (κ2) is 9.65. The van der Waals surface area contributed by atoms with Crippen molar-refractivity contribution in [1.29, 1.82) is 0 Å². The second-order valence-electron chi connectivity index (χ2n) is 7.23. The first-order valence-electron chi connectivity index (χ1n) is 9.57. The van der Waals surface area contributed by atoms with E-state index in [-0.39, 0.29) is 23.2 Å². The molecule has 0 aliphatic rings. The lowest BCUT2D eigenvalue weighted by atomic mass is 10.0. The Bertz CT molecular complexity index is 1060. The van der Waals surface area contributed by atoms with E-state index in [9.17, 15) is 8.42 Å². The Morgan fingerprint density at radius 3 is 2.34 bits per heavy atom. The minimum absolute atomic E-state index is 0. The summed E-state index contributed by atoms with van der Waals surface area (Å²) in [5.41, 5.74) is 1.79. The molecule has 0 aliphatic heterocycles. The monoisotopic (exact) mass is 436 g/mol. The fraction of sp³-hybridized carbons (Fsp3) is 0.364. The molecule has 3 rings (SSSR count). The number of fused-ring (bicyclic) bond motifs is 1. The lowest BCUT2D eigenvalue weighted by molar-refractivity contribution is 0.309. The van der Waals surface area contributed by atoms with Gasteiger partial charge >= 0.3 is 0 Å². The number of aromatic nitrogens is 1. The van der Waals surface area contributed by atoms with Gasteiger partial charge in [0.1, 0.15) is 10.8 Å². The Labute approximate surface area is 179 Å². The van der Waals surface area contributed by atoms with E-state index in [4.69, 9.17) is 4.74 Å². The molecule has 29 heavy (non-hydrogen) atoms. The second-order valence-corrected chi connectivity index (χ2v) is 9.10. The molecule has 0 atom stereocenters. The number of nitrogens with one attached hydrogen (secondary N) is 1. The van der Waals surface area contributed by atoms with Crippen LogP contribution >= 0.6 is 12.4 Å². The molecule has 7 heteroatoms. The Balaban J connectivity index is 0.00000300. The number of hydrogen-bond acceptors (Lipinski definition) is 4. The summed E-state index contributed by atoms with van der Waals surface area (Å²) in [6.45, 7) is 5.53. The summed E-state index contributed by atoms with van der Waals surface area (Å²) in [4.78, 5) is 0.280. The molecule has 2 aromatic carbocycles. The van der Waals surface area contributed by atoms with Crippen LogP contribution in [0.3, 0.4) is 0 Å². The number of hydrogen-bond donors (Lipinski definition) is 1. The predicted octanol–water partition coefficient (Wildman–Crippen LogP) is 4.54. The zero-order valence-electron chi connectivity index (χ0n) is 17.3. The molecule has 0 spiro atoms. The van der Waals surface area contributed by atoms with Crippen molar-refractivity contribution in [2.45, 2.75) is 36.1 Å². The number of halogens is 1. The normalized spacial score (nSPS) is 11.6. The standard InChI is InChI=1S/C22H28N2O3S.ClH/c1-16(2)21-19-8-5-6-9-20(19)24(4)22(21)28(25,26)18-12-10-17(11-13-18)27-15-7-14-23-3;/h5-6,8-13,16,23H,7,14-15H2,1-4H3;1H. The van der Waals surface area contributed by atoms with E-state index < -0.39 is 9.84 Å². The van der Waals surface area contributed by atoms with Crippen LogP contribution in [0.5, 0.6) is 5.75 Å². The van der Waals surface area contributed by atoms with E-state index in [1.807, 2.05) is 52.2 Å². The molecule has 0 radical (unpaired) electrons. The molecule has 0 unspecified atom stereocenters. The van der Waals surface area contributed by atoms with E-state index in [1.165, 1.54) is 0 Å². The van der Waals surface area contributed by atoms with Gasteiger partial charge in [-0.2, -0.15) is 0 Å². The largest absolute Gasteiger partial charge is 0.494 e. The number of nitrogens with zero attached hydrogens (tertiary/aromatic N) is 1. The number of sulfone groups is 1. The SMILES string of the molecule is CNCCCOc1ccc(S(=O)(=O)c2c(C(C)C)c3ccccc3n2C)cc1.Cl. The molecule has 1 heterocycles. The summed E-state index contributed by atoms with van der Waals surface area (Å²) in [6.07, 6.45) is 0.893. The topological polar surface area (TPSA) is 60.3 Å². The number of aryl methyl sites for hydroxylation is 1. The highest BCUT2D eigenvalue weighted by Gasteiger charge is 2.29. The van der Waals surface area contributed by atoms with Gasteiger partial charge in [-0.3, -0.25) is 0 Å². The zero-order valence-corrected chi connectivity index (χ0v) is 18.9. The summed E-state index contributed by atoms with van der Waals surface area (Å²) in [5, 5.41) is 4.43. The van der Waals surface area contributed by atoms with Gasteiger partial charge in [0.05, 0.1) is 11.5 Å². The Kier molecular flexibility index (Phi) is 7.74. The molecule has 158 valence electrons. The third-order valence-electron chi connectivity index (χ3n) is 4.90. The van der Waals surface area contributed by atoms with Gasteiger partial charge in [-0.25, -0.2) is 8.42 Å². The molecule has 0 saturated carbocycles. The van der Waals surface area contributed by atoms with Crippen molar-refractivity contribution in [3.63, 3.8) is 0 Å². The van der Waals surface area contributed by atoms with Gasteiger partial charge in [-0.15, -0.1) is 12.4 Å². The van der Waals surface area contributed by atoms with Crippen LogP contribution in [0.1, 0.15) is 31.7 Å². The molecule has 0 aliphatic carbocycles. The predicted molar refractivity (Wildman–Crippen MR) is 120 cm³/mol. The van der Waals surface area contributed by atoms with Crippen molar-refractivity contribution in [3.05, 3.63) is 54.1 Å². The Hall–Kier alpha value is -2.02. The van der Waals surface area contributed by atoms with E-state index in [1.54, 1.807) is 28.8 Å². The maximum atomic E-state index is 13.5. The molecule has 0 fully saturated rings. The third-order valence-corrected chi connectivity index (χ3v) is 6.79. The Morgan fingerprint density at radius 1 is 1.07 bits per heavy atom. The Morgan fingerprint density at radius 2 is 1.72 bits per heavy atom.